The normalized spacial score (nSPS) is 10.5. The Morgan fingerprint density at radius 2 is 1.52 bits per heavy atom. The van der Waals surface area contributed by atoms with E-state index in [1.54, 1.807) is 30.3 Å². The molecule has 0 aliphatic rings. The Labute approximate surface area is 191 Å². The van der Waals surface area contributed by atoms with Gasteiger partial charge in [0.1, 0.15) is 23.8 Å². The molecule has 4 rings (SSSR count). The van der Waals surface area contributed by atoms with Gasteiger partial charge in [-0.3, -0.25) is 9.59 Å². The number of hydrogen-bond acceptors (Lipinski definition) is 5. The maximum Gasteiger partial charge on any atom is 0.267 e. The van der Waals surface area contributed by atoms with E-state index in [-0.39, 0.29) is 18.0 Å². The van der Waals surface area contributed by atoms with Crippen molar-refractivity contribution in [3.05, 3.63) is 101 Å². The van der Waals surface area contributed by atoms with Crippen LogP contribution < -0.4 is 20.3 Å². The first kappa shape index (κ1) is 21.8. The number of ether oxygens (including phenoxy) is 2. The quantitative estimate of drug-likeness (QED) is 0.427. The SMILES string of the molecule is CCOc1ccc(-c2ccc(=O)n(CC(=O)Nc3ccc(Oc4ccccc4)cc3)n2)cc1. The van der Waals surface area contributed by atoms with Crippen LogP contribution in [0.3, 0.4) is 0 Å². The minimum absolute atomic E-state index is 0.202. The van der Waals surface area contributed by atoms with E-state index in [4.69, 9.17) is 9.47 Å². The molecule has 1 N–H and O–H groups in total. The molecule has 1 aromatic heterocycles. The van der Waals surface area contributed by atoms with Gasteiger partial charge < -0.3 is 14.8 Å². The van der Waals surface area contributed by atoms with Crippen LogP contribution >= 0.6 is 0 Å². The summed E-state index contributed by atoms with van der Waals surface area (Å²) in [5, 5.41) is 7.12. The number of anilines is 1. The molecule has 0 aliphatic heterocycles. The van der Waals surface area contributed by atoms with Crippen LogP contribution in [0.25, 0.3) is 11.3 Å². The molecule has 0 atom stereocenters. The molecule has 7 nitrogen and oxygen atoms in total. The fourth-order valence-electron chi connectivity index (χ4n) is 3.17. The first-order valence-corrected chi connectivity index (χ1v) is 10.5. The minimum atomic E-state index is -0.356. The summed E-state index contributed by atoms with van der Waals surface area (Å²) in [6.07, 6.45) is 0. The van der Waals surface area contributed by atoms with Gasteiger partial charge >= 0.3 is 0 Å². The molecule has 1 heterocycles. The number of carbonyl (C=O) groups excluding carboxylic acids is 1. The summed E-state index contributed by atoms with van der Waals surface area (Å²) in [5.41, 5.74) is 1.65. The molecule has 0 radical (unpaired) electrons. The Morgan fingerprint density at radius 3 is 2.21 bits per heavy atom. The molecule has 33 heavy (non-hydrogen) atoms. The van der Waals surface area contributed by atoms with E-state index >= 15 is 0 Å². The Bertz CT molecular complexity index is 1270. The number of benzene rings is 3. The van der Waals surface area contributed by atoms with Gasteiger partial charge in [-0.1, -0.05) is 18.2 Å². The van der Waals surface area contributed by atoms with Crippen LogP contribution in [-0.4, -0.2) is 22.3 Å². The first-order chi connectivity index (χ1) is 16.1. The third-order valence-electron chi connectivity index (χ3n) is 4.74. The highest BCUT2D eigenvalue weighted by Gasteiger charge is 2.09. The second-order valence-corrected chi connectivity index (χ2v) is 7.16. The van der Waals surface area contributed by atoms with Crippen LogP contribution in [0.4, 0.5) is 5.69 Å². The fourth-order valence-corrected chi connectivity index (χ4v) is 3.17. The third-order valence-corrected chi connectivity index (χ3v) is 4.74. The zero-order chi connectivity index (χ0) is 23.0. The second-order valence-electron chi connectivity index (χ2n) is 7.16. The van der Waals surface area contributed by atoms with Crippen LogP contribution in [0, 0.1) is 0 Å². The van der Waals surface area contributed by atoms with Crippen LogP contribution in [0.1, 0.15) is 6.92 Å². The summed E-state index contributed by atoms with van der Waals surface area (Å²) in [5.74, 6) is 1.78. The smallest absolute Gasteiger partial charge is 0.267 e. The lowest BCUT2D eigenvalue weighted by atomic mass is 10.1. The van der Waals surface area contributed by atoms with Gasteiger partial charge in [0.25, 0.3) is 5.56 Å². The first-order valence-electron chi connectivity index (χ1n) is 10.5. The average molecular weight is 441 g/mol. The van der Waals surface area contributed by atoms with Gasteiger partial charge in [0.2, 0.25) is 5.91 Å². The molecular formula is C26H23N3O4. The van der Waals surface area contributed by atoms with E-state index in [0.717, 1.165) is 21.7 Å². The molecule has 0 saturated carbocycles. The Hall–Kier alpha value is -4.39. The van der Waals surface area contributed by atoms with E-state index in [1.165, 1.54) is 6.07 Å². The number of amides is 1. The zero-order valence-corrected chi connectivity index (χ0v) is 18.1. The van der Waals surface area contributed by atoms with Crippen molar-refractivity contribution in [2.45, 2.75) is 13.5 Å². The van der Waals surface area contributed by atoms with Gasteiger partial charge in [-0.05, 0) is 73.7 Å². The number of para-hydroxylation sites is 1. The molecular weight excluding hydrogens is 418 g/mol. The molecule has 4 aromatic rings. The minimum Gasteiger partial charge on any atom is -0.494 e. The maximum absolute atomic E-state index is 12.5. The molecule has 0 unspecified atom stereocenters. The average Bonchev–Trinajstić information content (AvgIpc) is 2.83. The zero-order valence-electron chi connectivity index (χ0n) is 18.1. The Kier molecular flexibility index (Phi) is 6.80. The lowest BCUT2D eigenvalue weighted by Crippen LogP contribution is -2.29. The molecule has 7 heteroatoms. The number of nitrogens with one attached hydrogen (secondary N) is 1. The molecule has 0 aliphatic carbocycles. The predicted octanol–water partition coefficient (Wildman–Crippen LogP) is 4.74. The van der Waals surface area contributed by atoms with Crippen LogP contribution in [0.5, 0.6) is 17.2 Å². The van der Waals surface area contributed by atoms with Crippen molar-refractivity contribution in [3.63, 3.8) is 0 Å². The van der Waals surface area contributed by atoms with E-state index in [2.05, 4.69) is 10.4 Å². The molecule has 0 bridgehead atoms. The van der Waals surface area contributed by atoms with Crippen molar-refractivity contribution in [1.82, 2.24) is 9.78 Å². The second kappa shape index (κ2) is 10.3. The maximum atomic E-state index is 12.5. The highest BCUT2D eigenvalue weighted by molar-refractivity contribution is 5.90. The van der Waals surface area contributed by atoms with Gasteiger partial charge in [-0.2, -0.15) is 5.10 Å². The van der Waals surface area contributed by atoms with Crippen molar-refractivity contribution < 1.29 is 14.3 Å². The van der Waals surface area contributed by atoms with Crippen molar-refractivity contribution in [1.29, 1.82) is 0 Å². The van der Waals surface area contributed by atoms with Gasteiger partial charge in [-0.15, -0.1) is 0 Å². The lowest BCUT2D eigenvalue weighted by Gasteiger charge is -2.10. The lowest BCUT2D eigenvalue weighted by molar-refractivity contribution is -0.117. The molecule has 3 aromatic carbocycles. The number of carbonyl (C=O) groups is 1. The van der Waals surface area contributed by atoms with Crippen LogP contribution in [-0.2, 0) is 11.3 Å². The summed E-state index contributed by atoms with van der Waals surface area (Å²) in [4.78, 5) is 24.7. The number of rotatable bonds is 8. The Morgan fingerprint density at radius 1 is 0.848 bits per heavy atom. The van der Waals surface area contributed by atoms with E-state index < -0.39 is 0 Å². The van der Waals surface area contributed by atoms with Gasteiger partial charge in [0.05, 0.1) is 12.3 Å². The van der Waals surface area contributed by atoms with Crippen LogP contribution in [0.2, 0.25) is 0 Å². The topological polar surface area (TPSA) is 82.5 Å². The van der Waals surface area contributed by atoms with Crippen molar-refractivity contribution >= 4 is 11.6 Å². The molecule has 1 amide bonds. The van der Waals surface area contributed by atoms with Gasteiger partial charge in [0, 0.05) is 17.3 Å². The number of aromatic nitrogens is 2. The standard InChI is InChI=1S/C26H23N3O4/c1-2-32-21-12-8-19(9-13-21)24-16-17-26(31)29(28-24)18-25(30)27-20-10-14-23(15-11-20)33-22-6-4-3-5-7-22/h3-17H,2,18H2,1H3,(H,27,30). The number of nitrogens with zero attached hydrogens (tertiary/aromatic N) is 2. The number of hydrogen-bond donors (Lipinski definition) is 1. The van der Waals surface area contributed by atoms with E-state index in [9.17, 15) is 9.59 Å². The van der Waals surface area contributed by atoms with Crippen molar-refractivity contribution in [2.75, 3.05) is 11.9 Å². The summed E-state index contributed by atoms with van der Waals surface area (Å²) >= 11 is 0. The molecule has 166 valence electrons. The van der Waals surface area contributed by atoms with Crippen LogP contribution in [0.15, 0.2) is 95.8 Å². The molecule has 0 spiro atoms. The van der Waals surface area contributed by atoms with Gasteiger partial charge in [-0.25, -0.2) is 4.68 Å². The summed E-state index contributed by atoms with van der Waals surface area (Å²) in [6, 6.07) is 26.9. The van der Waals surface area contributed by atoms with Crippen molar-refractivity contribution in [3.8, 4) is 28.5 Å². The highest BCUT2D eigenvalue weighted by Crippen LogP contribution is 2.23. The predicted molar refractivity (Wildman–Crippen MR) is 127 cm³/mol. The van der Waals surface area contributed by atoms with E-state index in [0.29, 0.717) is 23.7 Å². The fraction of sp³-hybridized carbons (Fsp3) is 0.115. The molecule has 0 saturated heterocycles. The van der Waals surface area contributed by atoms with E-state index in [1.807, 2.05) is 61.5 Å². The molecule has 0 fully saturated rings. The highest BCUT2D eigenvalue weighted by atomic mass is 16.5. The summed E-state index contributed by atoms with van der Waals surface area (Å²) in [6.45, 7) is 2.30. The Balaban J connectivity index is 1.41. The van der Waals surface area contributed by atoms with Gasteiger partial charge in [0.15, 0.2) is 0 Å². The largest absolute Gasteiger partial charge is 0.494 e. The van der Waals surface area contributed by atoms with Crippen molar-refractivity contribution in [2.24, 2.45) is 0 Å². The third kappa shape index (κ3) is 5.86. The summed E-state index contributed by atoms with van der Waals surface area (Å²) < 4.78 is 12.3. The summed E-state index contributed by atoms with van der Waals surface area (Å²) in [7, 11) is 0. The monoisotopic (exact) mass is 441 g/mol.